The molecule has 1 heterocycles. The minimum Gasteiger partial charge on any atom is -0.310 e. The Bertz CT molecular complexity index is 4560. The zero-order valence-corrected chi connectivity index (χ0v) is 45.1. The lowest BCUT2D eigenvalue weighted by Crippen LogP contribution is -2.28. The van der Waals surface area contributed by atoms with E-state index in [1.54, 1.807) is 0 Å². The highest BCUT2D eigenvalue weighted by atomic mass is 15.1. The molecular formula is C80H54N2. The van der Waals surface area contributed by atoms with Crippen LogP contribution in [0.2, 0.25) is 0 Å². The molecule has 2 aliphatic rings. The average molecular weight is 1040 g/mol. The number of fused-ring (bicyclic) bond motifs is 9. The molecule has 16 rings (SSSR count). The van der Waals surface area contributed by atoms with Crippen LogP contribution >= 0.6 is 0 Å². The molecule has 13 aromatic carbocycles. The summed E-state index contributed by atoms with van der Waals surface area (Å²) >= 11 is 0. The second-order valence-electron chi connectivity index (χ2n) is 21.9. The Morgan fingerprint density at radius 3 is 1.16 bits per heavy atom. The van der Waals surface area contributed by atoms with E-state index in [0.717, 1.165) is 28.3 Å². The summed E-state index contributed by atoms with van der Waals surface area (Å²) in [7, 11) is 0. The lowest BCUT2D eigenvalue weighted by molar-refractivity contribution is 0.768. The van der Waals surface area contributed by atoms with Crippen molar-refractivity contribution < 1.29 is 0 Å². The van der Waals surface area contributed by atoms with Crippen LogP contribution in [0.3, 0.4) is 0 Å². The van der Waals surface area contributed by atoms with Gasteiger partial charge in [-0.05, 0) is 150 Å². The molecule has 0 saturated heterocycles. The molecule has 2 aliphatic carbocycles. The summed E-state index contributed by atoms with van der Waals surface area (Å²) in [4.78, 5) is 2.45. The van der Waals surface area contributed by atoms with Crippen molar-refractivity contribution in [3.63, 3.8) is 0 Å². The van der Waals surface area contributed by atoms with E-state index < -0.39 is 10.8 Å². The van der Waals surface area contributed by atoms with E-state index >= 15 is 0 Å². The van der Waals surface area contributed by atoms with Crippen LogP contribution in [0.15, 0.2) is 328 Å². The number of para-hydroxylation sites is 2. The van der Waals surface area contributed by atoms with Crippen LogP contribution in [0.5, 0.6) is 0 Å². The van der Waals surface area contributed by atoms with Crippen molar-refractivity contribution in [2.45, 2.75) is 10.8 Å². The van der Waals surface area contributed by atoms with Crippen molar-refractivity contribution in [2.24, 2.45) is 0 Å². The maximum atomic E-state index is 2.47. The molecule has 2 heteroatoms. The van der Waals surface area contributed by atoms with Crippen molar-refractivity contribution in [3.8, 4) is 50.2 Å². The molecule has 82 heavy (non-hydrogen) atoms. The highest BCUT2D eigenvalue weighted by molar-refractivity contribution is 6.09. The Hall–Kier alpha value is -10.5. The van der Waals surface area contributed by atoms with Crippen LogP contribution in [0, 0.1) is 0 Å². The summed E-state index contributed by atoms with van der Waals surface area (Å²) in [6.45, 7) is 0. The SMILES string of the molecule is c1ccc(C2(c3ccccc3)c3ccccc3-c3ccc(N(c4ccc(-c5ccc(-n6c7ccccc7c7ccccc76)cc5)cc4)c4ccc(-c5cccc6c5-c5ccccc5C6(c5ccccc5)c5ccccc5)cc4)cc32)cc1. The maximum absolute atomic E-state index is 2.47. The van der Waals surface area contributed by atoms with Crippen LogP contribution in [-0.2, 0) is 10.8 Å². The van der Waals surface area contributed by atoms with Gasteiger partial charge in [-0.1, -0.05) is 267 Å². The van der Waals surface area contributed by atoms with Crippen molar-refractivity contribution in [3.05, 3.63) is 372 Å². The summed E-state index contributed by atoms with van der Waals surface area (Å²) in [6, 6.07) is 121. The maximum Gasteiger partial charge on any atom is 0.0714 e. The molecule has 0 atom stereocenters. The van der Waals surface area contributed by atoms with Gasteiger partial charge in [0.05, 0.1) is 21.9 Å². The third-order valence-corrected chi connectivity index (χ3v) is 17.8. The molecule has 0 radical (unpaired) electrons. The summed E-state index contributed by atoms with van der Waals surface area (Å²) in [6.07, 6.45) is 0. The van der Waals surface area contributed by atoms with Gasteiger partial charge in [0.25, 0.3) is 0 Å². The van der Waals surface area contributed by atoms with Crippen molar-refractivity contribution in [1.82, 2.24) is 4.57 Å². The van der Waals surface area contributed by atoms with E-state index in [1.165, 1.54) is 105 Å². The number of aromatic nitrogens is 1. The molecule has 0 unspecified atom stereocenters. The lowest BCUT2D eigenvalue weighted by atomic mass is 9.67. The number of hydrogen-bond donors (Lipinski definition) is 0. The van der Waals surface area contributed by atoms with Gasteiger partial charge in [-0.15, -0.1) is 0 Å². The molecular weight excluding hydrogens is 989 g/mol. The minimum atomic E-state index is -0.548. The molecule has 0 amide bonds. The van der Waals surface area contributed by atoms with Gasteiger partial charge in [-0.3, -0.25) is 0 Å². The molecule has 1 aromatic heterocycles. The molecule has 14 aromatic rings. The van der Waals surface area contributed by atoms with Gasteiger partial charge >= 0.3 is 0 Å². The van der Waals surface area contributed by atoms with Crippen molar-refractivity contribution in [2.75, 3.05) is 4.90 Å². The fourth-order valence-electron chi connectivity index (χ4n) is 14.3. The van der Waals surface area contributed by atoms with Gasteiger partial charge in [0, 0.05) is 33.5 Å². The molecule has 2 nitrogen and oxygen atoms in total. The number of benzene rings is 13. The van der Waals surface area contributed by atoms with E-state index in [0.29, 0.717) is 0 Å². The standard InChI is InChI=1S/C80H54N2/c1-5-22-58(23-6-1)79(59-24-7-2-8-25-59)73-36-18-14-33-71(73)78-66(34-21-37-74(78)79)57-44-50-63(51-45-57)81(62-46-40-55(41-47-62)56-42-48-64(49-43-56)82-76-38-19-15-31-69(76)70-32-16-20-39-77(70)82)65-52-53-68-67-30-13-17-35-72(67)80(75(68)54-65,60-26-9-3-10-27-60)61-28-11-4-12-29-61/h1-54H. The zero-order valence-electron chi connectivity index (χ0n) is 45.1. The highest BCUT2D eigenvalue weighted by Crippen LogP contribution is 2.60. The number of anilines is 3. The predicted molar refractivity (Wildman–Crippen MR) is 341 cm³/mol. The fourth-order valence-corrected chi connectivity index (χ4v) is 14.3. The number of nitrogens with zero attached hydrogens (tertiary/aromatic N) is 2. The number of hydrogen-bond acceptors (Lipinski definition) is 1. The quantitative estimate of drug-likeness (QED) is 0.133. The first-order chi connectivity index (χ1) is 40.7. The first kappa shape index (κ1) is 47.5. The number of rotatable bonds is 10. The Kier molecular flexibility index (Phi) is 11.0. The molecule has 0 spiro atoms. The second kappa shape index (κ2) is 19.1. The molecule has 0 aliphatic heterocycles. The van der Waals surface area contributed by atoms with E-state index in [2.05, 4.69) is 337 Å². The highest BCUT2D eigenvalue weighted by Gasteiger charge is 2.48. The average Bonchev–Trinajstić information content (AvgIpc) is 2.86. The Morgan fingerprint density at radius 2 is 0.622 bits per heavy atom. The van der Waals surface area contributed by atoms with Crippen molar-refractivity contribution >= 4 is 38.9 Å². The monoisotopic (exact) mass is 1040 g/mol. The third kappa shape index (κ3) is 7.08. The van der Waals surface area contributed by atoms with Gasteiger partial charge in [0.2, 0.25) is 0 Å². The van der Waals surface area contributed by atoms with Gasteiger partial charge in [-0.2, -0.15) is 0 Å². The van der Waals surface area contributed by atoms with Crippen LogP contribution in [0.25, 0.3) is 72.0 Å². The van der Waals surface area contributed by atoms with Crippen molar-refractivity contribution in [1.29, 1.82) is 0 Å². The molecule has 0 bridgehead atoms. The van der Waals surface area contributed by atoms with E-state index in [1.807, 2.05) is 0 Å². The summed E-state index contributed by atoms with van der Waals surface area (Å²) in [5, 5.41) is 2.53. The van der Waals surface area contributed by atoms with Gasteiger partial charge in [0.15, 0.2) is 0 Å². The van der Waals surface area contributed by atoms with Crippen LogP contribution in [0.1, 0.15) is 44.5 Å². The van der Waals surface area contributed by atoms with Crippen LogP contribution in [-0.4, -0.2) is 4.57 Å². The van der Waals surface area contributed by atoms with Crippen LogP contribution < -0.4 is 4.90 Å². The Morgan fingerprint density at radius 1 is 0.244 bits per heavy atom. The molecule has 0 N–H and O–H groups in total. The van der Waals surface area contributed by atoms with Gasteiger partial charge < -0.3 is 9.47 Å². The normalized spacial score (nSPS) is 13.3. The summed E-state index contributed by atoms with van der Waals surface area (Å²) in [5.74, 6) is 0. The van der Waals surface area contributed by atoms with E-state index in [4.69, 9.17) is 0 Å². The molecule has 0 saturated carbocycles. The fraction of sp³-hybridized carbons (Fsp3) is 0.0250. The van der Waals surface area contributed by atoms with E-state index in [-0.39, 0.29) is 0 Å². The van der Waals surface area contributed by atoms with Gasteiger partial charge in [-0.25, -0.2) is 0 Å². The Labute approximate surface area is 478 Å². The smallest absolute Gasteiger partial charge is 0.0714 e. The van der Waals surface area contributed by atoms with Crippen LogP contribution in [0.4, 0.5) is 17.1 Å². The predicted octanol–water partition coefficient (Wildman–Crippen LogP) is 20.3. The minimum absolute atomic E-state index is 0.482. The topological polar surface area (TPSA) is 8.17 Å². The third-order valence-electron chi connectivity index (χ3n) is 17.8. The molecule has 0 fully saturated rings. The first-order valence-electron chi connectivity index (χ1n) is 28.5. The molecule has 384 valence electrons. The first-order valence-corrected chi connectivity index (χ1v) is 28.5. The lowest BCUT2D eigenvalue weighted by Gasteiger charge is -2.35. The zero-order chi connectivity index (χ0) is 54.2. The summed E-state index contributed by atoms with van der Waals surface area (Å²) < 4.78 is 2.38. The van der Waals surface area contributed by atoms with Gasteiger partial charge in [0.1, 0.15) is 0 Å². The largest absolute Gasteiger partial charge is 0.310 e. The van der Waals surface area contributed by atoms with E-state index in [9.17, 15) is 0 Å². The summed E-state index contributed by atoms with van der Waals surface area (Å²) in [5.41, 5.74) is 25.7. The second-order valence-corrected chi connectivity index (χ2v) is 21.9. The Balaban J connectivity index is 0.844.